The Morgan fingerprint density at radius 2 is 1.87 bits per heavy atom. The molecule has 0 saturated carbocycles. The van der Waals surface area contributed by atoms with Crippen LogP contribution in [0.1, 0.15) is 23.7 Å². The Morgan fingerprint density at radius 1 is 1.10 bits per heavy atom. The van der Waals surface area contributed by atoms with Crippen LogP contribution in [0.4, 0.5) is 0 Å². The molecule has 0 aliphatic carbocycles. The second-order valence-electron chi connectivity index (χ2n) is 8.17. The van der Waals surface area contributed by atoms with Crippen molar-refractivity contribution in [2.24, 2.45) is 0 Å². The molecule has 2 aromatic heterocycles. The molecule has 0 N–H and O–H groups in total. The summed E-state index contributed by atoms with van der Waals surface area (Å²) in [4.78, 5) is 22.3. The van der Waals surface area contributed by atoms with Gasteiger partial charge in [0.1, 0.15) is 5.65 Å². The molecule has 6 nitrogen and oxygen atoms in total. The number of aryl methyl sites for hydroxylation is 1. The maximum Gasteiger partial charge on any atom is 0.258 e. The number of morpholine rings is 1. The lowest BCUT2D eigenvalue weighted by atomic mass is 10.1. The van der Waals surface area contributed by atoms with Gasteiger partial charge in [-0.3, -0.25) is 19.0 Å². The minimum Gasteiger partial charge on any atom is -0.379 e. The first-order valence-corrected chi connectivity index (χ1v) is 10.7. The van der Waals surface area contributed by atoms with Crippen LogP contribution in [-0.4, -0.2) is 58.1 Å². The highest BCUT2D eigenvalue weighted by Gasteiger charge is 2.20. The molecule has 1 aliphatic heterocycles. The molecule has 0 radical (unpaired) electrons. The largest absolute Gasteiger partial charge is 0.379 e. The third-order valence-electron chi connectivity index (χ3n) is 5.70. The Balaban J connectivity index is 1.57. The van der Waals surface area contributed by atoms with Crippen molar-refractivity contribution in [1.29, 1.82) is 0 Å². The van der Waals surface area contributed by atoms with E-state index in [9.17, 15) is 4.79 Å². The monoisotopic (exact) mass is 406 g/mol. The summed E-state index contributed by atoms with van der Waals surface area (Å²) >= 11 is 0. The number of pyridine rings is 1. The van der Waals surface area contributed by atoms with Gasteiger partial charge in [0, 0.05) is 51.0 Å². The lowest BCUT2D eigenvalue weighted by molar-refractivity contribution is 0.0224. The molecule has 1 aliphatic rings. The van der Waals surface area contributed by atoms with Crippen molar-refractivity contribution in [3.05, 3.63) is 81.9 Å². The van der Waals surface area contributed by atoms with E-state index in [1.165, 1.54) is 5.56 Å². The van der Waals surface area contributed by atoms with Gasteiger partial charge in [-0.05, 0) is 31.0 Å². The third kappa shape index (κ3) is 5.14. The van der Waals surface area contributed by atoms with Crippen LogP contribution in [0.15, 0.2) is 59.5 Å². The zero-order valence-electron chi connectivity index (χ0n) is 17.8. The molecule has 3 aromatic rings. The van der Waals surface area contributed by atoms with E-state index in [0.29, 0.717) is 18.2 Å². The lowest BCUT2D eigenvalue weighted by Crippen LogP contribution is -2.45. The van der Waals surface area contributed by atoms with Crippen LogP contribution in [-0.2, 0) is 17.8 Å². The highest BCUT2D eigenvalue weighted by molar-refractivity contribution is 5.40. The summed E-state index contributed by atoms with van der Waals surface area (Å²) < 4.78 is 7.12. The molecular formula is C24H30N4O2. The predicted molar refractivity (Wildman–Crippen MR) is 119 cm³/mol. The first-order valence-electron chi connectivity index (χ1n) is 10.7. The fourth-order valence-electron chi connectivity index (χ4n) is 4.01. The number of nitrogens with zero attached hydrogens (tertiary/aromatic N) is 4. The van der Waals surface area contributed by atoms with E-state index in [1.54, 1.807) is 10.5 Å². The van der Waals surface area contributed by atoms with E-state index in [2.05, 4.69) is 41.0 Å². The number of benzene rings is 1. The van der Waals surface area contributed by atoms with Crippen molar-refractivity contribution in [1.82, 2.24) is 19.2 Å². The molecule has 1 saturated heterocycles. The normalized spacial score (nSPS) is 16.2. The number of rotatable bonds is 7. The Morgan fingerprint density at radius 3 is 2.63 bits per heavy atom. The molecule has 0 amide bonds. The van der Waals surface area contributed by atoms with Gasteiger partial charge in [0.2, 0.25) is 0 Å². The molecule has 0 bridgehead atoms. The second kappa shape index (κ2) is 9.51. The van der Waals surface area contributed by atoms with Crippen molar-refractivity contribution in [2.75, 3.05) is 32.8 Å². The Hall–Kier alpha value is -2.54. The van der Waals surface area contributed by atoms with Gasteiger partial charge in [-0.1, -0.05) is 36.4 Å². The predicted octanol–water partition coefficient (Wildman–Crippen LogP) is 2.73. The molecule has 1 unspecified atom stereocenters. The van der Waals surface area contributed by atoms with E-state index in [4.69, 9.17) is 9.72 Å². The molecule has 1 aromatic carbocycles. The van der Waals surface area contributed by atoms with Crippen LogP contribution < -0.4 is 5.56 Å². The number of ether oxygens (including phenoxy) is 1. The van der Waals surface area contributed by atoms with E-state index < -0.39 is 0 Å². The van der Waals surface area contributed by atoms with Crippen LogP contribution in [0.5, 0.6) is 0 Å². The topological polar surface area (TPSA) is 50.1 Å². The van der Waals surface area contributed by atoms with Gasteiger partial charge in [0.25, 0.3) is 5.56 Å². The number of aromatic nitrogens is 2. The molecule has 158 valence electrons. The van der Waals surface area contributed by atoms with Crippen molar-refractivity contribution < 1.29 is 4.74 Å². The van der Waals surface area contributed by atoms with E-state index >= 15 is 0 Å². The fraction of sp³-hybridized carbons (Fsp3) is 0.417. The summed E-state index contributed by atoms with van der Waals surface area (Å²) in [7, 11) is 0. The van der Waals surface area contributed by atoms with Crippen molar-refractivity contribution in [3.63, 3.8) is 0 Å². The first kappa shape index (κ1) is 20.7. The SMILES string of the molecule is Cc1ccc2nc(CN(Cc3ccccc3)C(C)CN3CCOCC3)cc(=O)n2c1. The van der Waals surface area contributed by atoms with Gasteiger partial charge in [-0.25, -0.2) is 4.98 Å². The smallest absolute Gasteiger partial charge is 0.258 e. The standard InChI is InChI=1S/C24H30N4O2/c1-19-8-9-23-25-22(14-24(29)28(23)15-19)18-27(17-21-6-4-3-5-7-21)20(2)16-26-10-12-30-13-11-26/h3-9,14-15,20H,10-13,16-18H2,1-2H3. The fourth-order valence-corrected chi connectivity index (χ4v) is 4.01. The van der Waals surface area contributed by atoms with Crippen molar-refractivity contribution in [3.8, 4) is 0 Å². The van der Waals surface area contributed by atoms with Gasteiger partial charge in [-0.2, -0.15) is 0 Å². The molecular weight excluding hydrogens is 376 g/mol. The minimum absolute atomic E-state index is 0.0285. The van der Waals surface area contributed by atoms with Crippen molar-refractivity contribution in [2.45, 2.75) is 33.0 Å². The molecule has 6 heteroatoms. The summed E-state index contributed by atoms with van der Waals surface area (Å²) in [6.07, 6.45) is 1.84. The van der Waals surface area contributed by atoms with Gasteiger partial charge in [-0.15, -0.1) is 0 Å². The highest BCUT2D eigenvalue weighted by Crippen LogP contribution is 2.14. The number of hydrogen-bond acceptors (Lipinski definition) is 5. The maximum absolute atomic E-state index is 12.7. The third-order valence-corrected chi connectivity index (χ3v) is 5.70. The molecule has 4 rings (SSSR count). The van der Waals surface area contributed by atoms with Crippen molar-refractivity contribution >= 4 is 5.65 Å². The summed E-state index contributed by atoms with van der Waals surface area (Å²) in [6, 6.07) is 16.4. The molecule has 30 heavy (non-hydrogen) atoms. The van der Waals surface area contributed by atoms with Gasteiger partial charge >= 0.3 is 0 Å². The molecule has 0 spiro atoms. The summed E-state index contributed by atoms with van der Waals surface area (Å²) in [5.74, 6) is 0. The van der Waals surface area contributed by atoms with Crippen LogP contribution in [0.2, 0.25) is 0 Å². The molecule has 1 atom stereocenters. The van der Waals surface area contributed by atoms with Crippen LogP contribution in [0.3, 0.4) is 0 Å². The Kier molecular flexibility index (Phi) is 6.57. The highest BCUT2D eigenvalue weighted by atomic mass is 16.5. The number of fused-ring (bicyclic) bond motifs is 1. The maximum atomic E-state index is 12.7. The zero-order chi connectivity index (χ0) is 20.9. The molecule has 1 fully saturated rings. The Labute approximate surface area is 177 Å². The average Bonchev–Trinajstić information content (AvgIpc) is 2.75. The summed E-state index contributed by atoms with van der Waals surface area (Å²) in [5, 5.41) is 0. The first-order chi connectivity index (χ1) is 14.6. The van der Waals surface area contributed by atoms with E-state index in [1.807, 2.05) is 31.3 Å². The zero-order valence-corrected chi connectivity index (χ0v) is 17.8. The average molecular weight is 407 g/mol. The number of hydrogen-bond donors (Lipinski definition) is 0. The minimum atomic E-state index is -0.0285. The van der Waals surface area contributed by atoms with Gasteiger partial charge in [0.15, 0.2) is 0 Å². The second-order valence-corrected chi connectivity index (χ2v) is 8.17. The lowest BCUT2D eigenvalue weighted by Gasteiger charge is -2.35. The molecule has 3 heterocycles. The van der Waals surface area contributed by atoms with E-state index in [0.717, 1.165) is 50.7 Å². The van der Waals surface area contributed by atoms with E-state index in [-0.39, 0.29) is 5.56 Å². The summed E-state index contributed by atoms with van der Waals surface area (Å²) in [6.45, 7) is 10.2. The quantitative estimate of drug-likeness (QED) is 0.604. The van der Waals surface area contributed by atoms with Crippen LogP contribution in [0.25, 0.3) is 5.65 Å². The van der Waals surface area contributed by atoms with Gasteiger partial charge < -0.3 is 4.74 Å². The van der Waals surface area contributed by atoms with Crippen LogP contribution in [0, 0.1) is 6.92 Å². The summed E-state index contributed by atoms with van der Waals surface area (Å²) in [5.41, 5.74) is 3.79. The van der Waals surface area contributed by atoms with Gasteiger partial charge in [0.05, 0.1) is 18.9 Å². The Bertz CT molecular complexity index is 1030. The van der Waals surface area contributed by atoms with Crippen LogP contribution >= 0.6 is 0 Å².